The topological polar surface area (TPSA) is 97.6 Å². The molecule has 0 saturated heterocycles. The molecule has 0 atom stereocenters. The Morgan fingerprint density at radius 1 is 1.07 bits per heavy atom. The van der Waals surface area contributed by atoms with Crippen LogP contribution >= 0.6 is 11.6 Å². The van der Waals surface area contributed by atoms with E-state index in [1.807, 2.05) is 0 Å². The minimum atomic E-state index is -3.77. The lowest BCUT2D eigenvalue weighted by molar-refractivity contribution is -0.118. The van der Waals surface area contributed by atoms with Gasteiger partial charge < -0.3 is 14.5 Å². The SMILES string of the molecule is O=C(COc1ccccc1Cl)Nc1cccc(S(=O)(=O)NCc2ccco2)c1. The maximum absolute atomic E-state index is 12.4. The summed E-state index contributed by atoms with van der Waals surface area (Å²) in [5.74, 6) is 0.431. The quantitative estimate of drug-likeness (QED) is 0.581. The van der Waals surface area contributed by atoms with Crippen molar-refractivity contribution < 1.29 is 22.4 Å². The Morgan fingerprint density at radius 3 is 2.64 bits per heavy atom. The van der Waals surface area contributed by atoms with Gasteiger partial charge in [0, 0.05) is 5.69 Å². The predicted octanol–water partition coefficient (Wildman–Crippen LogP) is 3.43. The van der Waals surface area contributed by atoms with Crippen LogP contribution in [0.1, 0.15) is 5.76 Å². The molecule has 0 radical (unpaired) electrons. The zero-order chi connectivity index (χ0) is 20.0. The summed E-state index contributed by atoms with van der Waals surface area (Å²) in [4.78, 5) is 12.1. The van der Waals surface area contributed by atoms with Gasteiger partial charge in [-0.3, -0.25) is 4.79 Å². The second-order valence-electron chi connectivity index (χ2n) is 5.70. The monoisotopic (exact) mass is 420 g/mol. The number of carbonyl (C=O) groups is 1. The Bertz CT molecular complexity index is 1050. The highest BCUT2D eigenvalue weighted by molar-refractivity contribution is 7.89. The van der Waals surface area contributed by atoms with Crippen molar-refractivity contribution in [2.24, 2.45) is 0 Å². The number of carbonyl (C=O) groups excluding carboxylic acids is 1. The number of halogens is 1. The van der Waals surface area contributed by atoms with E-state index in [0.29, 0.717) is 22.2 Å². The summed E-state index contributed by atoms with van der Waals surface area (Å²) in [5.41, 5.74) is 0.327. The second kappa shape index (κ2) is 8.92. The molecule has 0 bridgehead atoms. The zero-order valence-electron chi connectivity index (χ0n) is 14.6. The first-order valence-electron chi connectivity index (χ1n) is 8.23. The second-order valence-corrected chi connectivity index (χ2v) is 7.87. The molecule has 0 aliphatic rings. The molecule has 28 heavy (non-hydrogen) atoms. The van der Waals surface area contributed by atoms with Gasteiger partial charge >= 0.3 is 0 Å². The summed E-state index contributed by atoms with van der Waals surface area (Å²) in [6.07, 6.45) is 1.46. The van der Waals surface area contributed by atoms with Crippen LogP contribution in [-0.2, 0) is 21.4 Å². The first kappa shape index (κ1) is 19.9. The third-order valence-corrected chi connectivity index (χ3v) is 5.35. The molecular formula is C19H17ClN2O5S. The molecular weight excluding hydrogens is 404 g/mol. The number of para-hydroxylation sites is 1. The van der Waals surface area contributed by atoms with Gasteiger partial charge in [-0.1, -0.05) is 29.8 Å². The average Bonchev–Trinajstić information content (AvgIpc) is 3.20. The molecule has 2 aromatic carbocycles. The summed E-state index contributed by atoms with van der Waals surface area (Å²) in [6, 6.07) is 16.0. The molecule has 146 valence electrons. The van der Waals surface area contributed by atoms with Gasteiger partial charge in [-0.15, -0.1) is 0 Å². The Labute approximate surface area is 167 Å². The van der Waals surface area contributed by atoms with Gasteiger partial charge in [0.25, 0.3) is 5.91 Å². The number of hydrogen-bond acceptors (Lipinski definition) is 5. The van der Waals surface area contributed by atoms with Crippen LogP contribution < -0.4 is 14.8 Å². The van der Waals surface area contributed by atoms with E-state index in [-0.39, 0.29) is 18.0 Å². The van der Waals surface area contributed by atoms with Crippen LogP contribution in [-0.4, -0.2) is 20.9 Å². The molecule has 7 nitrogen and oxygen atoms in total. The maximum atomic E-state index is 12.4. The highest BCUT2D eigenvalue weighted by Gasteiger charge is 2.15. The highest BCUT2D eigenvalue weighted by Crippen LogP contribution is 2.23. The van der Waals surface area contributed by atoms with Crippen LogP contribution in [0.25, 0.3) is 0 Å². The van der Waals surface area contributed by atoms with Crippen LogP contribution in [0.3, 0.4) is 0 Å². The fourth-order valence-electron chi connectivity index (χ4n) is 2.31. The summed E-state index contributed by atoms with van der Waals surface area (Å²) >= 11 is 5.97. The number of anilines is 1. The van der Waals surface area contributed by atoms with Crippen molar-refractivity contribution in [2.75, 3.05) is 11.9 Å². The van der Waals surface area contributed by atoms with Gasteiger partial charge in [0.05, 0.1) is 22.7 Å². The van der Waals surface area contributed by atoms with Gasteiger partial charge in [0.15, 0.2) is 6.61 Å². The molecule has 0 saturated carbocycles. The largest absolute Gasteiger partial charge is 0.482 e. The molecule has 1 aromatic heterocycles. The first-order valence-corrected chi connectivity index (χ1v) is 10.1. The number of rotatable bonds is 8. The normalized spacial score (nSPS) is 11.2. The standard InChI is InChI=1S/C19H17ClN2O5S/c20-17-8-1-2-9-18(17)27-13-19(23)22-14-5-3-7-16(11-14)28(24,25)21-12-15-6-4-10-26-15/h1-11,21H,12-13H2,(H,22,23). The summed E-state index contributed by atoms with van der Waals surface area (Å²) in [6.45, 7) is -0.241. The van der Waals surface area contributed by atoms with E-state index in [9.17, 15) is 13.2 Å². The molecule has 1 amide bonds. The maximum Gasteiger partial charge on any atom is 0.262 e. The Kier molecular flexibility index (Phi) is 6.35. The van der Waals surface area contributed by atoms with E-state index < -0.39 is 15.9 Å². The zero-order valence-corrected chi connectivity index (χ0v) is 16.2. The molecule has 3 rings (SSSR count). The lowest BCUT2D eigenvalue weighted by atomic mass is 10.3. The molecule has 0 aliphatic heterocycles. The van der Waals surface area contributed by atoms with Gasteiger partial charge in [-0.05, 0) is 42.5 Å². The van der Waals surface area contributed by atoms with Gasteiger partial charge in [0.1, 0.15) is 11.5 Å². The minimum Gasteiger partial charge on any atom is -0.482 e. The minimum absolute atomic E-state index is 0.0175. The molecule has 0 fully saturated rings. The van der Waals surface area contributed by atoms with Crippen molar-refractivity contribution in [3.05, 3.63) is 77.7 Å². The van der Waals surface area contributed by atoms with E-state index >= 15 is 0 Å². The number of hydrogen-bond donors (Lipinski definition) is 2. The van der Waals surface area contributed by atoms with Crippen LogP contribution in [0, 0.1) is 0 Å². The number of amides is 1. The number of ether oxygens (including phenoxy) is 1. The molecule has 0 unspecified atom stereocenters. The molecule has 9 heteroatoms. The van der Waals surface area contributed by atoms with Crippen molar-refractivity contribution in [1.29, 1.82) is 0 Å². The van der Waals surface area contributed by atoms with Gasteiger partial charge in [-0.25, -0.2) is 13.1 Å². The number of furan rings is 1. The van der Waals surface area contributed by atoms with E-state index in [1.54, 1.807) is 42.5 Å². The predicted molar refractivity (Wildman–Crippen MR) is 105 cm³/mol. The van der Waals surface area contributed by atoms with E-state index in [4.69, 9.17) is 20.8 Å². The molecule has 3 aromatic rings. The van der Waals surface area contributed by atoms with Crippen molar-refractivity contribution in [3.63, 3.8) is 0 Å². The Balaban J connectivity index is 1.60. The van der Waals surface area contributed by atoms with Crippen LogP contribution in [0.15, 0.2) is 76.2 Å². The van der Waals surface area contributed by atoms with Crippen molar-refractivity contribution >= 4 is 33.2 Å². The Morgan fingerprint density at radius 2 is 1.89 bits per heavy atom. The Hall–Kier alpha value is -2.81. The number of benzene rings is 2. The lowest BCUT2D eigenvalue weighted by Crippen LogP contribution is -2.24. The van der Waals surface area contributed by atoms with E-state index in [0.717, 1.165) is 0 Å². The average molecular weight is 421 g/mol. The third-order valence-electron chi connectivity index (χ3n) is 3.64. The van der Waals surface area contributed by atoms with E-state index in [2.05, 4.69) is 10.0 Å². The number of nitrogens with one attached hydrogen (secondary N) is 2. The van der Waals surface area contributed by atoms with Gasteiger partial charge in [0.2, 0.25) is 10.0 Å². The van der Waals surface area contributed by atoms with Crippen molar-refractivity contribution in [2.45, 2.75) is 11.4 Å². The lowest BCUT2D eigenvalue weighted by Gasteiger charge is -2.10. The van der Waals surface area contributed by atoms with Crippen LogP contribution in [0.4, 0.5) is 5.69 Å². The molecule has 1 heterocycles. The number of sulfonamides is 1. The van der Waals surface area contributed by atoms with Crippen molar-refractivity contribution in [3.8, 4) is 5.75 Å². The fourth-order valence-corrected chi connectivity index (χ4v) is 3.53. The summed E-state index contributed by atoms with van der Waals surface area (Å²) in [7, 11) is -3.77. The third kappa shape index (κ3) is 5.35. The molecule has 0 spiro atoms. The smallest absolute Gasteiger partial charge is 0.262 e. The molecule has 2 N–H and O–H groups in total. The summed E-state index contributed by atoms with van der Waals surface area (Å²) < 4.78 is 37.7. The fraction of sp³-hybridized carbons (Fsp3) is 0.105. The molecule has 0 aliphatic carbocycles. The van der Waals surface area contributed by atoms with Crippen LogP contribution in [0.2, 0.25) is 5.02 Å². The van der Waals surface area contributed by atoms with E-state index in [1.165, 1.54) is 24.5 Å². The van der Waals surface area contributed by atoms with Crippen molar-refractivity contribution in [1.82, 2.24) is 4.72 Å². The van der Waals surface area contributed by atoms with Gasteiger partial charge in [-0.2, -0.15) is 0 Å². The van der Waals surface area contributed by atoms with Crippen LogP contribution in [0.5, 0.6) is 5.75 Å². The highest BCUT2D eigenvalue weighted by atomic mass is 35.5. The summed E-state index contributed by atoms with van der Waals surface area (Å²) in [5, 5.41) is 2.99. The first-order chi connectivity index (χ1) is 13.4.